The Morgan fingerprint density at radius 1 is 1.29 bits per heavy atom. The molecule has 1 aromatic heterocycles. The number of nitrogens with one attached hydrogen (secondary N) is 1. The van der Waals surface area contributed by atoms with Crippen molar-refractivity contribution in [2.45, 2.75) is 18.2 Å². The fourth-order valence-corrected chi connectivity index (χ4v) is 4.60. The summed E-state index contributed by atoms with van der Waals surface area (Å²) < 4.78 is 27.4. The number of halogens is 2. The Hall–Kier alpha value is -1.41. The third-order valence-electron chi connectivity index (χ3n) is 3.86. The number of hydrogen-bond acceptors (Lipinski definition) is 5. The van der Waals surface area contributed by atoms with Gasteiger partial charge in [-0.2, -0.15) is 9.29 Å². The van der Waals surface area contributed by atoms with Crippen LogP contribution >= 0.6 is 23.2 Å². The highest BCUT2D eigenvalue weighted by Gasteiger charge is 2.32. The molecule has 0 spiro atoms. The van der Waals surface area contributed by atoms with Crippen LogP contribution in [-0.4, -0.2) is 35.8 Å². The van der Waals surface area contributed by atoms with E-state index >= 15 is 0 Å². The average molecular weight is 387 g/mol. The van der Waals surface area contributed by atoms with Crippen molar-refractivity contribution in [3.63, 3.8) is 0 Å². The fraction of sp³-hybridized carbons (Fsp3) is 0.333. The molecule has 0 radical (unpaired) electrons. The molecule has 9 heteroatoms. The van der Waals surface area contributed by atoms with Crippen molar-refractivity contribution < 1.29 is 8.42 Å². The first-order valence-corrected chi connectivity index (χ1v) is 9.62. The zero-order valence-electron chi connectivity index (χ0n) is 12.9. The topological polar surface area (TPSA) is 75.2 Å². The van der Waals surface area contributed by atoms with Crippen LogP contribution in [0.5, 0.6) is 0 Å². The summed E-state index contributed by atoms with van der Waals surface area (Å²) in [4.78, 5) is 7.97. The van der Waals surface area contributed by atoms with Crippen LogP contribution in [0.1, 0.15) is 13.3 Å². The fourth-order valence-electron chi connectivity index (χ4n) is 2.61. The largest absolute Gasteiger partial charge is 0.338 e. The van der Waals surface area contributed by atoms with Crippen LogP contribution in [0.3, 0.4) is 0 Å². The van der Waals surface area contributed by atoms with Crippen LogP contribution in [0.15, 0.2) is 35.4 Å². The molecular formula is C15H16Cl2N4O2S. The molecule has 2 heterocycles. The quantitative estimate of drug-likeness (QED) is 0.812. The van der Waals surface area contributed by atoms with E-state index in [1.807, 2.05) is 6.92 Å². The second-order valence-corrected chi connectivity index (χ2v) is 8.37. The van der Waals surface area contributed by atoms with Crippen LogP contribution in [0, 0.1) is 5.92 Å². The van der Waals surface area contributed by atoms with Crippen LogP contribution in [0.25, 0.3) is 0 Å². The molecular weight excluding hydrogens is 371 g/mol. The van der Waals surface area contributed by atoms with Gasteiger partial charge >= 0.3 is 0 Å². The maximum atomic E-state index is 12.9. The first-order chi connectivity index (χ1) is 11.4. The zero-order chi connectivity index (χ0) is 17.3. The highest BCUT2D eigenvalue weighted by molar-refractivity contribution is 7.89. The molecule has 0 bridgehead atoms. The van der Waals surface area contributed by atoms with Crippen molar-refractivity contribution in [3.05, 3.63) is 40.8 Å². The van der Waals surface area contributed by atoms with Gasteiger partial charge in [-0.25, -0.2) is 13.4 Å². The van der Waals surface area contributed by atoms with E-state index in [1.165, 1.54) is 10.5 Å². The maximum Gasteiger partial charge on any atom is 0.245 e. The highest BCUT2D eigenvalue weighted by atomic mass is 35.5. The molecule has 128 valence electrons. The van der Waals surface area contributed by atoms with Crippen molar-refractivity contribution in [1.29, 1.82) is 0 Å². The lowest BCUT2D eigenvalue weighted by molar-refractivity contribution is 0.465. The average Bonchev–Trinajstić information content (AvgIpc) is 2.99. The van der Waals surface area contributed by atoms with Crippen molar-refractivity contribution in [2.75, 3.05) is 18.4 Å². The number of anilines is 2. The monoisotopic (exact) mass is 386 g/mol. The minimum atomic E-state index is -3.59. The van der Waals surface area contributed by atoms with Crippen LogP contribution < -0.4 is 5.32 Å². The van der Waals surface area contributed by atoms with E-state index < -0.39 is 10.0 Å². The van der Waals surface area contributed by atoms with Gasteiger partial charge in [-0.15, -0.1) is 0 Å². The molecule has 24 heavy (non-hydrogen) atoms. The van der Waals surface area contributed by atoms with Gasteiger partial charge in [0.05, 0.1) is 11.9 Å². The van der Waals surface area contributed by atoms with E-state index in [0.717, 1.165) is 6.42 Å². The zero-order valence-corrected chi connectivity index (χ0v) is 15.2. The summed E-state index contributed by atoms with van der Waals surface area (Å²) in [5.74, 6) is 0.615. The molecule has 1 atom stereocenters. The van der Waals surface area contributed by atoms with E-state index in [2.05, 4.69) is 15.3 Å². The molecule has 0 unspecified atom stereocenters. The van der Waals surface area contributed by atoms with Gasteiger partial charge in [-0.1, -0.05) is 30.7 Å². The predicted molar refractivity (Wildman–Crippen MR) is 94.3 cm³/mol. The van der Waals surface area contributed by atoms with Gasteiger partial charge in [0.15, 0.2) is 5.82 Å². The standard InChI is InChI=1S/C15H16Cl2N4O2S/c1-10-6-7-21(9-10)24(22,23)13-5-3-2-4-12(13)19-14-11(16)8-18-15(17)20-14/h2-5,8,10H,6-7,9H2,1H3,(H,18,19,20)/t10-/m0/s1. The predicted octanol–water partition coefficient (Wildman–Crippen LogP) is 3.56. The number of hydrogen-bond donors (Lipinski definition) is 1. The summed E-state index contributed by atoms with van der Waals surface area (Å²) in [7, 11) is -3.59. The molecule has 1 N–H and O–H groups in total. The minimum Gasteiger partial charge on any atom is -0.338 e. The summed E-state index contributed by atoms with van der Waals surface area (Å²) in [5, 5.41) is 3.22. The number of nitrogens with zero attached hydrogens (tertiary/aromatic N) is 3. The molecule has 1 aromatic carbocycles. The number of aromatic nitrogens is 2. The number of sulfonamides is 1. The SMILES string of the molecule is C[C@H]1CCN(S(=O)(=O)c2ccccc2Nc2nc(Cl)ncc2Cl)C1. The second-order valence-electron chi connectivity index (χ2n) is 5.71. The summed E-state index contributed by atoms with van der Waals surface area (Å²) in [5.41, 5.74) is 0.397. The summed E-state index contributed by atoms with van der Waals surface area (Å²) in [6.07, 6.45) is 2.22. The highest BCUT2D eigenvalue weighted by Crippen LogP contribution is 2.31. The number of rotatable bonds is 4. The first kappa shape index (κ1) is 17.4. The lowest BCUT2D eigenvalue weighted by atomic mass is 10.2. The van der Waals surface area contributed by atoms with Gasteiger partial charge in [0, 0.05) is 13.1 Å². The number of benzene rings is 1. The van der Waals surface area contributed by atoms with Gasteiger partial charge < -0.3 is 5.32 Å². The van der Waals surface area contributed by atoms with E-state index in [9.17, 15) is 8.42 Å². The molecule has 0 amide bonds. The summed E-state index contributed by atoms with van der Waals surface area (Å²) in [6, 6.07) is 6.66. The number of para-hydroxylation sites is 1. The molecule has 1 fully saturated rings. The normalized spacial score (nSPS) is 18.7. The van der Waals surface area contributed by atoms with Crippen molar-refractivity contribution in [1.82, 2.24) is 14.3 Å². The smallest absolute Gasteiger partial charge is 0.245 e. The van der Waals surface area contributed by atoms with E-state index in [1.54, 1.807) is 24.3 Å². The lowest BCUT2D eigenvalue weighted by Gasteiger charge is -2.19. The molecule has 3 rings (SSSR count). The first-order valence-electron chi connectivity index (χ1n) is 7.42. The van der Waals surface area contributed by atoms with Crippen LogP contribution in [0.4, 0.5) is 11.5 Å². The minimum absolute atomic E-state index is 0.0237. The van der Waals surface area contributed by atoms with Crippen LogP contribution in [-0.2, 0) is 10.0 Å². The van der Waals surface area contributed by atoms with Gasteiger partial charge in [-0.05, 0) is 36.1 Å². The van der Waals surface area contributed by atoms with Gasteiger partial charge in [0.2, 0.25) is 15.3 Å². The molecule has 6 nitrogen and oxygen atoms in total. The van der Waals surface area contributed by atoms with E-state index in [-0.39, 0.29) is 21.0 Å². The Bertz CT molecular complexity index is 860. The van der Waals surface area contributed by atoms with Gasteiger partial charge in [-0.3, -0.25) is 0 Å². The molecule has 2 aromatic rings. The molecule has 1 saturated heterocycles. The molecule has 1 aliphatic heterocycles. The summed E-state index contributed by atoms with van der Waals surface area (Å²) in [6.45, 7) is 3.09. The van der Waals surface area contributed by atoms with Crippen molar-refractivity contribution >= 4 is 44.7 Å². The maximum absolute atomic E-state index is 12.9. The Labute approximate surface area is 150 Å². The van der Waals surface area contributed by atoms with Crippen molar-refractivity contribution in [2.24, 2.45) is 5.92 Å². The Balaban J connectivity index is 1.98. The Morgan fingerprint density at radius 3 is 2.75 bits per heavy atom. The Morgan fingerprint density at radius 2 is 2.04 bits per heavy atom. The lowest BCUT2D eigenvalue weighted by Crippen LogP contribution is -2.29. The molecule has 1 aliphatic rings. The second kappa shape index (κ2) is 6.84. The Kier molecular flexibility index (Phi) is 4.96. The third kappa shape index (κ3) is 3.49. The van der Waals surface area contributed by atoms with Gasteiger partial charge in [0.1, 0.15) is 9.92 Å². The van der Waals surface area contributed by atoms with Gasteiger partial charge in [0.25, 0.3) is 0 Å². The molecule has 0 aliphatic carbocycles. The molecule has 0 saturated carbocycles. The van der Waals surface area contributed by atoms with Crippen molar-refractivity contribution in [3.8, 4) is 0 Å². The summed E-state index contributed by atoms with van der Waals surface area (Å²) >= 11 is 11.8. The van der Waals surface area contributed by atoms with E-state index in [4.69, 9.17) is 23.2 Å². The van der Waals surface area contributed by atoms with Crippen LogP contribution in [0.2, 0.25) is 10.3 Å². The third-order valence-corrected chi connectivity index (χ3v) is 6.24. The van der Waals surface area contributed by atoms with E-state index in [0.29, 0.717) is 24.7 Å².